The third-order valence-corrected chi connectivity index (χ3v) is 11.2. The maximum atomic E-state index is 5.23. The second-order valence-electron chi connectivity index (χ2n) is 16.6. The van der Waals surface area contributed by atoms with Gasteiger partial charge in [0.25, 0.3) is 0 Å². The van der Waals surface area contributed by atoms with Crippen molar-refractivity contribution in [1.82, 2.24) is 33.3 Å². The van der Waals surface area contributed by atoms with Gasteiger partial charge in [-0.25, -0.2) is 9.97 Å². The van der Waals surface area contributed by atoms with Crippen molar-refractivity contribution < 1.29 is 21.1 Å². The van der Waals surface area contributed by atoms with Gasteiger partial charge in [-0.3, -0.25) is 4.68 Å². The van der Waals surface area contributed by atoms with Gasteiger partial charge in [0.15, 0.2) is 0 Å². The molecular formula is C49H43N7Pt. The van der Waals surface area contributed by atoms with E-state index in [4.69, 9.17) is 15.1 Å². The van der Waals surface area contributed by atoms with Crippen molar-refractivity contribution in [2.75, 3.05) is 0 Å². The Hall–Kier alpha value is -5.78. The van der Waals surface area contributed by atoms with Crippen molar-refractivity contribution in [3.63, 3.8) is 0 Å². The predicted octanol–water partition coefficient (Wildman–Crippen LogP) is 11.9. The van der Waals surface area contributed by atoms with Crippen LogP contribution in [0.4, 0.5) is 0 Å². The molecular weight excluding hydrogens is 882 g/mol. The molecule has 0 saturated carbocycles. The largest absolute Gasteiger partial charge is 2.00 e. The SMILES string of the molecule is CC(C)c1cccc(C(C)C)c1-c1cnn(-c2[c-]c(-n3c4[c-]c5c(cc4n4c6ccccc6nc34)c3ccccc3n5-c3cc(C(C)(C)C)ccn3)ccc2)c1.[Pt+2]. The van der Waals surface area contributed by atoms with Gasteiger partial charge < -0.3 is 13.5 Å². The Balaban J connectivity index is 0.00000422. The molecule has 0 atom stereocenters. The minimum Gasteiger partial charge on any atom is -0.331 e. The molecule has 8 heteroatoms. The number of benzene rings is 5. The molecule has 0 radical (unpaired) electrons. The number of rotatable bonds is 6. The zero-order valence-corrected chi connectivity index (χ0v) is 35.4. The molecule has 5 aromatic carbocycles. The standard InChI is InChI=1S/C49H43N7.Pt/c1-30(2)36-17-13-18-37(31(3)4)47(36)32-28-51-53(29-32)34-14-12-15-35(25-34)54-45-27-43-39(26-44(45)56-42-21-11-9-19-40(42)52-48(54)56)38-16-8-10-20-41(38)55(43)46-24-33(22-23-50-46)49(5,6)7;/h8-24,26,28-31H,1-7H3;/q-2;+2. The summed E-state index contributed by atoms with van der Waals surface area (Å²) in [6.07, 6.45) is 6.05. The van der Waals surface area contributed by atoms with Gasteiger partial charge in [-0.2, -0.15) is 11.2 Å². The zero-order valence-electron chi connectivity index (χ0n) is 33.1. The van der Waals surface area contributed by atoms with Gasteiger partial charge in [0.05, 0.1) is 17.2 Å². The van der Waals surface area contributed by atoms with E-state index in [2.05, 4.69) is 177 Å². The third kappa shape index (κ3) is 5.85. The molecule has 0 aliphatic heterocycles. The van der Waals surface area contributed by atoms with E-state index in [1.165, 1.54) is 22.3 Å². The fourth-order valence-corrected chi connectivity index (χ4v) is 8.41. The Bertz CT molecular complexity index is 3120. The third-order valence-electron chi connectivity index (χ3n) is 11.2. The molecule has 0 N–H and O–H groups in total. The Morgan fingerprint density at radius 3 is 2.11 bits per heavy atom. The van der Waals surface area contributed by atoms with Crippen LogP contribution in [0.25, 0.3) is 78.0 Å². The number of para-hydroxylation sites is 3. The van der Waals surface area contributed by atoms with Crippen LogP contribution in [-0.2, 0) is 26.5 Å². The van der Waals surface area contributed by atoms with Crippen LogP contribution in [0.15, 0.2) is 122 Å². The van der Waals surface area contributed by atoms with Crippen LogP contribution in [0, 0.1) is 12.1 Å². The van der Waals surface area contributed by atoms with Crippen molar-refractivity contribution in [2.45, 2.75) is 65.7 Å². The molecule has 7 nitrogen and oxygen atoms in total. The molecule has 5 heterocycles. The van der Waals surface area contributed by atoms with Crippen LogP contribution in [0.1, 0.15) is 77.0 Å². The monoisotopic (exact) mass is 924 g/mol. The molecule has 0 bridgehead atoms. The first kappa shape index (κ1) is 36.8. The number of hydrogen-bond donors (Lipinski definition) is 0. The van der Waals surface area contributed by atoms with Gasteiger partial charge in [0.1, 0.15) is 5.82 Å². The molecule has 0 aliphatic carbocycles. The molecule has 10 aromatic rings. The van der Waals surface area contributed by atoms with Crippen molar-refractivity contribution in [2.24, 2.45) is 0 Å². The van der Waals surface area contributed by atoms with E-state index >= 15 is 0 Å². The normalized spacial score (nSPS) is 12.3. The van der Waals surface area contributed by atoms with E-state index < -0.39 is 0 Å². The summed E-state index contributed by atoms with van der Waals surface area (Å²) < 4.78 is 8.64. The molecule has 57 heavy (non-hydrogen) atoms. The Morgan fingerprint density at radius 2 is 1.35 bits per heavy atom. The minimum atomic E-state index is -0.0286. The average molecular weight is 925 g/mol. The second-order valence-corrected chi connectivity index (χ2v) is 16.6. The topological polar surface area (TPSA) is 57.9 Å². The molecule has 0 amide bonds. The van der Waals surface area contributed by atoms with Crippen LogP contribution in [0.2, 0.25) is 0 Å². The van der Waals surface area contributed by atoms with Gasteiger partial charge in [0.2, 0.25) is 5.78 Å². The molecule has 0 aliphatic rings. The maximum Gasteiger partial charge on any atom is 2.00 e. The summed E-state index contributed by atoms with van der Waals surface area (Å²) in [5, 5.41) is 7.18. The molecule has 284 valence electrons. The Kier molecular flexibility index (Phi) is 8.86. The smallest absolute Gasteiger partial charge is 0.331 e. The maximum absolute atomic E-state index is 5.23. The van der Waals surface area contributed by atoms with Gasteiger partial charge in [-0.15, -0.1) is 30.3 Å². The van der Waals surface area contributed by atoms with Gasteiger partial charge in [0, 0.05) is 23.5 Å². The second kappa shape index (κ2) is 13.7. The van der Waals surface area contributed by atoms with Crippen molar-refractivity contribution in [3.8, 4) is 28.3 Å². The molecule has 0 saturated heterocycles. The van der Waals surface area contributed by atoms with Crippen LogP contribution >= 0.6 is 0 Å². The Morgan fingerprint density at radius 1 is 0.649 bits per heavy atom. The van der Waals surface area contributed by atoms with Crippen LogP contribution in [0.5, 0.6) is 0 Å². The summed E-state index contributed by atoms with van der Waals surface area (Å²) in [7, 11) is 0. The first-order valence-electron chi connectivity index (χ1n) is 19.5. The summed E-state index contributed by atoms with van der Waals surface area (Å²) in [5.74, 6) is 2.44. The van der Waals surface area contributed by atoms with Gasteiger partial charge in [-0.1, -0.05) is 114 Å². The number of hydrogen-bond acceptors (Lipinski definition) is 3. The van der Waals surface area contributed by atoms with Crippen LogP contribution < -0.4 is 0 Å². The summed E-state index contributed by atoms with van der Waals surface area (Å²) in [6.45, 7) is 15.8. The summed E-state index contributed by atoms with van der Waals surface area (Å²) in [6, 6.07) is 44.1. The van der Waals surface area contributed by atoms with Crippen molar-refractivity contribution in [1.29, 1.82) is 0 Å². The van der Waals surface area contributed by atoms with E-state index in [0.29, 0.717) is 11.8 Å². The van der Waals surface area contributed by atoms with E-state index in [0.717, 1.165) is 72.4 Å². The Labute approximate surface area is 346 Å². The first-order chi connectivity index (χ1) is 27.1. The van der Waals surface area contributed by atoms with Crippen molar-refractivity contribution >= 4 is 49.7 Å². The quantitative estimate of drug-likeness (QED) is 0.156. The van der Waals surface area contributed by atoms with E-state index in [9.17, 15) is 0 Å². The fourth-order valence-electron chi connectivity index (χ4n) is 8.41. The summed E-state index contributed by atoms with van der Waals surface area (Å²) in [4.78, 5) is 10.2. The van der Waals surface area contributed by atoms with E-state index in [1.54, 1.807) is 0 Å². The number of pyridine rings is 1. The number of fused-ring (bicyclic) bond motifs is 8. The van der Waals surface area contributed by atoms with Crippen LogP contribution in [0.3, 0.4) is 0 Å². The van der Waals surface area contributed by atoms with Crippen molar-refractivity contribution in [3.05, 3.63) is 151 Å². The molecule has 0 fully saturated rings. The minimum absolute atomic E-state index is 0. The predicted molar refractivity (Wildman–Crippen MR) is 229 cm³/mol. The average Bonchev–Trinajstić information content (AvgIpc) is 3.97. The number of nitrogens with zero attached hydrogens (tertiary/aromatic N) is 7. The molecule has 5 aromatic heterocycles. The van der Waals surface area contributed by atoms with Gasteiger partial charge in [-0.05, 0) is 91.9 Å². The summed E-state index contributed by atoms with van der Waals surface area (Å²) >= 11 is 0. The number of imidazole rings is 2. The molecule has 0 spiro atoms. The fraction of sp³-hybridized carbons (Fsp3) is 0.204. The van der Waals surface area contributed by atoms with Gasteiger partial charge >= 0.3 is 21.1 Å². The zero-order chi connectivity index (χ0) is 38.5. The molecule has 10 rings (SSSR count). The first-order valence-corrected chi connectivity index (χ1v) is 19.5. The molecule has 0 unspecified atom stereocenters. The van der Waals surface area contributed by atoms with E-state index in [-0.39, 0.29) is 26.5 Å². The van der Waals surface area contributed by atoms with Crippen LogP contribution in [-0.4, -0.2) is 33.3 Å². The van der Waals surface area contributed by atoms with E-state index in [1.807, 2.05) is 23.1 Å². The number of aromatic nitrogens is 7. The summed E-state index contributed by atoms with van der Waals surface area (Å²) in [5.41, 5.74) is 13.9.